The number of nitrogens with one attached hydrogen (secondary N) is 1. The fourth-order valence-electron chi connectivity index (χ4n) is 1.85. The Balaban J connectivity index is 1.82. The molecular weight excluding hydrogens is 260 g/mol. The molecule has 1 amide bonds. The number of hydrazone groups is 1. The highest BCUT2D eigenvalue weighted by molar-refractivity contribution is 8.00. The summed E-state index contributed by atoms with van der Waals surface area (Å²) in [4.78, 5) is 20.1. The smallest absolute Gasteiger partial charge is 0.253 e. The first-order chi connectivity index (χ1) is 9.25. The number of hydrogen-bond donors (Lipinski definition) is 1. The van der Waals surface area contributed by atoms with E-state index in [0.29, 0.717) is 5.16 Å². The van der Waals surface area contributed by atoms with E-state index < -0.39 is 0 Å². The third kappa shape index (κ3) is 4.63. The molecule has 1 aromatic rings. The first-order valence-electron chi connectivity index (χ1n) is 6.54. The molecule has 0 spiro atoms. The standard InChI is InChI=1S/C13H18N4OS/c1-10(19-13-14-8-5-9-15-13)12(18)17-16-11-6-3-2-4-7-11/h5,8-10H,2-4,6-7H2,1H3,(H,17,18)/t10-/m1/s1. The van der Waals surface area contributed by atoms with Crippen LogP contribution in [0.4, 0.5) is 0 Å². The van der Waals surface area contributed by atoms with Gasteiger partial charge in [0, 0.05) is 18.1 Å². The average Bonchev–Trinajstić information content (AvgIpc) is 2.47. The van der Waals surface area contributed by atoms with Gasteiger partial charge in [-0.25, -0.2) is 15.4 Å². The maximum absolute atomic E-state index is 11.9. The molecule has 5 nitrogen and oxygen atoms in total. The second-order valence-electron chi connectivity index (χ2n) is 4.51. The van der Waals surface area contributed by atoms with Crippen LogP contribution in [0.1, 0.15) is 39.0 Å². The van der Waals surface area contributed by atoms with Crippen LogP contribution in [0.25, 0.3) is 0 Å². The second kappa shape index (κ2) is 7.23. The van der Waals surface area contributed by atoms with Crippen LogP contribution in [0.5, 0.6) is 0 Å². The van der Waals surface area contributed by atoms with E-state index in [1.165, 1.54) is 31.0 Å². The molecule has 1 aliphatic carbocycles. The maximum atomic E-state index is 11.9. The van der Waals surface area contributed by atoms with Gasteiger partial charge in [0.1, 0.15) is 0 Å². The minimum Gasteiger partial charge on any atom is -0.272 e. The summed E-state index contributed by atoms with van der Waals surface area (Å²) in [5, 5.41) is 4.56. The largest absolute Gasteiger partial charge is 0.272 e. The van der Waals surface area contributed by atoms with E-state index >= 15 is 0 Å². The minimum atomic E-state index is -0.254. The van der Waals surface area contributed by atoms with Gasteiger partial charge in [0.05, 0.1) is 5.25 Å². The van der Waals surface area contributed by atoms with Crippen LogP contribution in [-0.4, -0.2) is 26.8 Å². The van der Waals surface area contributed by atoms with Gasteiger partial charge in [-0.15, -0.1) is 0 Å². The first kappa shape index (κ1) is 14.0. The van der Waals surface area contributed by atoms with E-state index in [0.717, 1.165) is 18.6 Å². The fourth-order valence-corrected chi connectivity index (χ4v) is 2.57. The molecule has 1 atom stereocenters. The van der Waals surface area contributed by atoms with E-state index in [-0.39, 0.29) is 11.2 Å². The summed E-state index contributed by atoms with van der Waals surface area (Å²) in [5.41, 5.74) is 3.75. The lowest BCUT2D eigenvalue weighted by Crippen LogP contribution is -2.28. The van der Waals surface area contributed by atoms with Gasteiger partial charge in [0.25, 0.3) is 5.91 Å². The van der Waals surface area contributed by atoms with Crippen LogP contribution in [0.2, 0.25) is 0 Å². The van der Waals surface area contributed by atoms with Gasteiger partial charge in [0.15, 0.2) is 5.16 Å². The molecule has 1 fully saturated rings. The van der Waals surface area contributed by atoms with E-state index in [2.05, 4.69) is 20.5 Å². The van der Waals surface area contributed by atoms with Crippen LogP contribution in [0.3, 0.4) is 0 Å². The Morgan fingerprint density at radius 1 is 1.32 bits per heavy atom. The van der Waals surface area contributed by atoms with Crippen LogP contribution in [-0.2, 0) is 4.79 Å². The molecule has 1 aliphatic rings. The summed E-state index contributed by atoms with van der Waals surface area (Å²) in [7, 11) is 0. The van der Waals surface area contributed by atoms with Crippen molar-refractivity contribution >= 4 is 23.4 Å². The highest BCUT2D eigenvalue weighted by Crippen LogP contribution is 2.18. The van der Waals surface area contributed by atoms with Crippen molar-refractivity contribution in [3.8, 4) is 0 Å². The zero-order valence-electron chi connectivity index (χ0n) is 11.0. The third-order valence-electron chi connectivity index (χ3n) is 2.95. The SMILES string of the molecule is C[C@@H](Sc1ncccn1)C(=O)NN=C1CCCCC1. The number of thioether (sulfide) groups is 1. The average molecular weight is 278 g/mol. The quantitative estimate of drug-likeness (QED) is 0.521. The Kier molecular flexibility index (Phi) is 5.32. The lowest BCUT2D eigenvalue weighted by Gasteiger charge is -2.13. The van der Waals surface area contributed by atoms with Crippen molar-refractivity contribution in [2.24, 2.45) is 5.10 Å². The molecule has 2 rings (SSSR count). The Bertz CT molecular complexity index is 441. The van der Waals surface area contributed by atoms with Crippen molar-refractivity contribution in [2.45, 2.75) is 49.4 Å². The Labute approximate surface area is 117 Å². The molecule has 0 aliphatic heterocycles. The van der Waals surface area contributed by atoms with Crippen molar-refractivity contribution in [3.63, 3.8) is 0 Å². The summed E-state index contributed by atoms with van der Waals surface area (Å²) in [6.07, 6.45) is 8.97. The molecule has 1 N–H and O–H groups in total. The Hall–Kier alpha value is -1.43. The van der Waals surface area contributed by atoms with Crippen molar-refractivity contribution in [2.75, 3.05) is 0 Å². The van der Waals surface area contributed by atoms with Gasteiger partial charge < -0.3 is 0 Å². The van der Waals surface area contributed by atoms with Crippen molar-refractivity contribution in [1.82, 2.24) is 15.4 Å². The number of hydrogen-bond acceptors (Lipinski definition) is 5. The zero-order valence-corrected chi connectivity index (χ0v) is 11.8. The maximum Gasteiger partial charge on any atom is 0.253 e. The van der Waals surface area contributed by atoms with Gasteiger partial charge in [-0.3, -0.25) is 4.79 Å². The van der Waals surface area contributed by atoms with Crippen LogP contribution in [0.15, 0.2) is 28.7 Å². The molecule has 0 saturated heterocycles. The molecule has 0 aromatic carbocycles. The topological polar surface area (TPSA) is 67.2 Å². The Morgan fingerprint density at radius 3 is 2.68 bits per heavy atom. The highest BCUT2D eigenvalue weighted by Gasteiger charge is 2.15. The number of aromatic nitrogens is 2. The predicted octanol–water partition coefficient (Wildman–Crippen LogP) is 2.39. The van der Waals surface area contributed by atoms with Crippen molar-refractivity contribution in [3.05, 3.63) is 18.5 Å². The van der Waals surface area contributed by atoms with E-state index in [1.807, 2.05) is 6.92 Å². The lowest BCUT2D eigenvalue weighted by atomic mass is 9.99. The van der Waals surface area contributed by atoms with E-state index in [9.17, 15) is 4.79 Å². The van der Waals surface area contributed by atoms with E-state index in [4.69, 9.17) is 0 Å². The van der Waals surface area contributed by atoms with Gasteiger partial charge >= 0.3 is 0 Å². The summed E-state index contributed by atoms with van der Waals surface area (Å²) in [5.74, 6) is -0.101. The predicted molar refractivity (Wildman–Crippen MR) is 76.0 cm³/mol. The summed E-state index contributed by atoms with van der Waals surface area (Å²) in [6.45, 7) is 1.83. The molecule has 1 aromatic heterocycles. The van der Waals surface area contributed by atoms with Crippen molar-refractivity contribution < 1.29 is 4.79 Å². The first-order valence-corrected chi connectivity index (χ1v) is 7.42. The molecule has 1 saturated carbocycles. The number of rotatable bonds is 4. The van der Waals surface area contributed by atoms with Crippen LogP contribution < -0.4 is 5.43 Å². The number of amides is 1. The minimum absolute atomic E-state index is 0.101. The van der Waals surface area contributed by atoms with Gasteiger partial charge in [-0.2, -0.15) is 5.10 Å². The van der Waals surface area contributed by atoms with Gasteiger partial charge in [0.2, 0.25) is 0 Å². The zero-order chi connectivity index (χ0) is 13.5. The van der Waals surface area contributed by atoms with Crippen LogP contribution in [0, 0.1) is 0 Å². The molecule has 102 valence electrons. The second-order valence-corrected chi connectivity index (χ2v) is 5.81. The summed E-state index contributed by atoms with van der Waals surface area (Å²) < 4.78 is 0. The van der Waals surface area contributed by atoms with Crippen LogP contribution >= 0.6 is 11.8 Å². The number of carbonyl (C=O) groups is 1. The monoisotopic (exact) mass is 278 g/mol. The molecule has 19 heavy (non-hydrogen) atoms. The third-order valence-corrected chi connectivity index (χ3v) is 3.94. The number of nitrogens with zero attached hydrogens (tertiary/aromatic N) is 3. The number of carbonyl (C=O) groups excluding carboxylic acids is 1. The highest BCUT2D eigenvalue weighted by atomic mass is 32.2. The summed E-state index contributed by atoms with van der Waals surface area (Å²) >= 11 is 1.33. The summed E-state index contributed by atoms with van der Waals surface area (Å²) in [6, 6.07) is 1.75. The lowest BCUT2D eigenvalue weighted by molar-refractivity contribution is -0.120. The molecule has 0 bridgehead atoms. The molecule has 1 heterocycles. The van der Waals surface area contributed by atoms with Crippen molar-refractivity contribution in [1.29, 1.82) is 0 Å². The van der Waals surface area contributed by atoms with Gasteiger partial charge in [-0.05, 0) is 38.7 Å². The van der Waals surface area contributed by atoms with E-state index in [1.54, 1.807) is 18.5 Å². The molecule has 6 heteroatoms. The normalized spacial score (nSPS) is 16.8. The molecule has 0 radical (unpaired) electrons. The fraction of sp³-hybridized carbons (Fsp3) is 0.538. The molecule has 0 unspecified atom stereocenters. The Morgan fingerprint density at radius 2 is 2.00 bits per heavy atom. The molecular formula is C13H18N4OS. The van der Waals surface area contributed by atoms with Gasteiger partial charge in [-0.1, -0.05) is 18.2 Å².